The molecule has 0 radical (unpaired) electrons. The van der Waals surface area contributed by atoms with E-state index in [1.54, 1.807) is 0 Å². The topological polar surface area (TPSA) is 63.7 Å². The summed E-state index contributed by atoms with van der Waals surface area (Å²) in [6.07, 6.45) is 8.37. The summed E-state index contributed by atoms with van der Waals surface area (Å²) in [6, 6.07) is 5.23. The van der Waals surface area contributed by atoms with E-state index in [-0.39, 0.29) is 17.7 Å². The van der Waals surface area contributed by atoms with Crippen LogP contribution in [0.2, 0.25) is 0 Å². The van der Waals surface area contributed by atoms with Gasteiger partial charge in [0.05, 0.1) is 0 Å². The van der Waals surface area contributed by atoms with Crippen LogP contribution in [0.3, 0.4) is 0 Å². The van der Waals surface area contributed by atoms with Crippen LogP contribution >= 0.6 is 0 Å². The van der Waals surface area contributed by atoms with E-state index in [0.717, 1.165) is 25.7 Å². The van der Waals surface area contributed by atoms with Crippen LogP contribution in [-0.4, -0.2) is 40.7 Å². The van der Waals surface area contributed by atoms with Gasteiger partial charge in [0.15, 0.2) is 5.78 Å². The van der Waals surface area contributed by atoms with Gasteiger partial charge in [0.25, 0.3) is 0 Å². The number of esters is 1. The maximum Gasteiger partial charge on any atom is 0.329 e. The lowest BCUT2D eigenvalue weighted by atomic mass is 9.90. The summed E-state index contributed by atoms with van der Waals surface area (Å²) in [5.41, 5.74) is 2.57. The number of nitrogens with zero attached hydrogens (tertiary/aromatic N) is 1. The summed E-state index contributed by atoms with van der Waals surface area (Å²) in [6.45, 7) is 5.93. The van der Waals surface area contributed by atoms with Gasteiger partial charge in [0, 0.05) is 18.2 Å². The molecular weight excluding hydrogens is 354 g/mol. The summed E-state index contributed by atoms with van der Waals surface area (Å²) < 4.78 is 5.43. The lowest BCUT2D eigenvalue weighted by molar-refractivity contribution is -0.162. The summed E-state index contributed by atoms with van der Waals surface area (Å²) in [5, 5.41) is 0. The fourth-order valence-electron chi connectivity index (χ4n) is 3.87. The number of hydrogen-bond acceptors (Lipinski definition) is 4. The molecule has 0 spiro atoms. The molecule has 2 aliphatic rings. The highest BCUT2D eigenvalue weighted by Gasteiger charge is 2.36. The van der Waals surface area contributed by atoms with Crippen LogP contribution in [-0.2, 0) is 27.2 Å². The Bertz CT molecular complexity index is 803. The van der Waals surface area contributed by atoms with Gasteiger partial charge in [-0.25, -0.2) is 4.79 Å². The number of likely N-dealkylation sites (tertiary alicyclic amines) is 1. The van der Waals surface area contributed by atoms with E-state index in [1.807, 2.05) is 39.0 Å². The van der Waals surface area contributed by atoms with E-state index in [9.17, 15) is 14.4 Å². The third-order valence-corrected chi connectivity index (χ3v) is 5.23. The average Bonchev–Trinajstić information content (AvgIpc) is 3.14. The van der Waals surface area contributed by atoms with Crippen LogP contribution in [0.1, 0.15) is 67.9 Å². The van der Waals surface area contributed by atoms with Crippen molar-refractivity contribution in [2.75, 3.05) is 6.54 Å². The summed E-state index contributed by atoms with van der Waals surface area (Å²) in [7, 11) is 0. The zero-order valence-electron chi connectivity index (χ0n) is 17.0. The number of hydrogen-bond donors (Lipinski definition) is 0. The van der Waals surface area contributed by atoms with Crippen LogP contribution in [0.5, 0.6) is 0 Å². The first-order chi connectivity index (χ1) is 13.2. The van der Waals surface area contributed by atoms with Gasteiger partial charge < -0.3 is 9.64 Å². The van der Waals surface area contributed by atoms with Crippen LogP contribution in [0.4, 0.5) is 0 Å². The average molecular weight is 383 g/mol. The number of carbonyl (C=O) groups excluding carboxylic acids is 3. The van der Waals surface area contributed by atoms with E-state index in [0.29, 0.717) is 18.5 Å². The Morgan fingerprint density at radius 1 is 1.04 bits per heavy atom. The van der Waals surface area contributed by atoms with Gasteiger partial charge in [-0.15, -0.1) is 0 Å². The minimum atomic E-state index is -0.591. The van der Waals surface area contributed by atoms with Crippen molar-refractivity contribution in [3.63, 3.8) is 0 Å². The second kappa shape index (κ2) is 8.29. The Hall–Kier alpha value is -2.43. The number of ether oxygens (including phenoxy) is 1. The predicted octanol–water partition coefficient (Wildman–Crippen LogP) is 3.64. The monoisotopic (exact) mass is 383 g/mol. The molecule has 28 heavy (non-hydrogen) atoms. The second-order valence-corrected chi connectivity index (χ2v) is 8.61. The predicted molar refractivity (Wildman–Crippen MR) is 107 cm³/mol. The van der Waals surface area contributed by atoms with Crippen molar-refractivity contribution in [2.24, 2.45) is 0 Å². The smallest absolute Gasteiger partial charge is 0.329 e. The number of allylic oxidation sites excluding steroid dienone is 1. The first-order valence-corrected chi connectivity index (χ1v) is 10.1. The van der Waals surface area contributed by atoms with Gasteiger partial charge in [0.1, 0.15) is 11.6 Å². The number of aryl methyl sites for hydroxylation is 2. The Kier molecular flexibility index (Phi) is 6.01. The molecule has 0 saturated carbocycles. The highest BCUT2D eigenvalue weighted by molar-refractivity contribution is 6.08. The van der Waals surface area contributed by atoms with Crippen LogP contribution < -0.4 is 0 Å². The maximum atomic E-state index is 12.6. The lowest BCUT2D eigenvalue weighted by Gasteiger charge is -2.26. The molecule has 1 atom stereocenters. The minimum Gasteiger partial charge on any atom is -0.458 e. The summed E-state index contributed by atoms with van der Waals surface area (Å²) in [5.74, 6) is -0.887. The van der Waals surface area contributed by atoms with Crippen molar-refractivity contribution >= 4 is 17.7 Å². The molecule has 150 valence electrons. The number of fused-ring (bicyclic) bond motifs is 1. The number of rotatable bonds is 4. The molecule has 1 aliphatic carbocycles. The van der Waals surface area contributed by atoms with Crippen LogP contribution in [0.15, 0.2) is 30.4 Å². The molecule has 0 aromatic heterocycles. The molecule has 0 N–H and O–H groups in total. The number of carbonyl (C=O) groups is 3. The Morgan fingerprint density at radius 2 is 1.75 bits per heavy atom. The molecule has 0 unspecified atom stereocenters. The largest absolute Gasteiger partial charge is 0.458 e. The van der Waals surface area contributed by atoms with Crippen molar-refractivity contribution < 1.29 is 19.1 Å². The van der Waals surface area contributed by atoms with Crippen molar-refractivity contribution in [1.29, 1.82) is 0 Å². The second-order valence-electron chi connectivity index (χ2n) is 8.61. The Morgan fingerprint density at radius 3 is 2.46 bits per heavy atom. The van der Waals surface area contributed by atoms with E-state index >= 15 is 0 Å². The van der Waals surface area contributed by atoms with Gasteiger partial charge in [-0.05, 0) is 82.6 Å². The fraction of sp³-hybridized carbons (Fsp3) is 0.522. The molecule has 1 heterocycles. The van der Waals surface area contributed by atoms with Crippen molar-refractivity contribution in [1.82, 2.24) is 4.90 Å². The van der Waals surface area contributed by atoms with E-state index < -0.39 is 11.6 Å². The van der Waals surface area contributed by atoms with E-state index in [1.165, 1.54) is 34.6 Å². The van der Waals surface area contributed by atoms with Gasteiger partial charge >= 0.3 is 5.97 Å². The molecule has 1 saturated heterocycles. The van der Waals surface area contributed by atoms with Crippen molar-refractivity contribution in [2.45, 2.75) is 70.9 Å². The first-order valence-electron chi connectivity index (χ1n) is 10.1. The van der Waals surface area contributed by atoms with Crippen LogP contribution in [0.25, 0.3) is 0 Å². The molecule has 1 amide bonds. The highest BCUT2D eigenvalue weighted by atomic mass is 16.6. The zero-order chi connectivity index (χ0) is 20.3. The molecule has 5 heteroatoms. The number of ketones is 1. The van der Waals surface area contributed by atoms with Gasteiger partial charge in [0.2, 0.25) is 5.91 Å². The highest BCUT2D eigenvalue weighted by Crippen LogP contribution is 2.23. The third kappa shape index (κ3) is 4.89. The third-order valence-electron chi connectivity index (χ3n) is 5.23. The molecule has 1 fully saturated rings. The first kappa shape index (κ1) is 20.3. The van der Waals surface area contributed by atoms with E-state index in [4.69, 9.17) is 4.74 Å². The van der Waals surface area contributed by atoms with Gasteiger partial charge in [-0.3, -0.25) is 9.59 Å². The van der Waals surface area contributed by atoms with E-state index in [2.05, 4.69) is 0 Å². The summed E-state index contributed by atoms with van der Waals surface area (Å²) in [4.78, 5) is 38.9. The molecule has 1 aromatic carbocycles. The maximum absolute atomic E-state index is 12.6. The molecule has 5 nitrogen and oxygen atoms in total. The van der Waals surface area contributed by atoms with Crippen molar-refractivity contribution in [3.8, 4) is 0 Å². The SMILES string of the molecule is CC(C)(C)OC(=O)[C@@H]1CCCN1C(=O)C=CC(=O)c1ccc2c(c1)CCCC2. The molecule has 1 aliphatic heterocycles. The number of amides is 1. The Balaban J connectivity index is 1.65. The normalized spacial score (nSPS) is 19.5. The lowest BCUT2D eigenvalue weighted by Crippen LogP contribution is -2.43. The summed E-state index contributed by atoms with van der Waals surface area (Å²) >= 11 is 0. The standard InChI is InChI=1S/C23H29NO4/c1-23(2,3)28-22(27)19-9-6-14-24(19)21(26)13-12-20(25)18-11-10-16-7-4-5-8-17(16)15-18/h10-13,15,19H,4-9,14H2,1-3H3/t19-/m0/s1. The zero-order valence-corrected chi connectivity index (χ0v) is 17.0. The Labute approximate surface area is 166 Å². The fourth-order valence-corrected chi connectivity index (χ4v) is 3.87. The molecule has 3 rings (SSSR count). The number of benzene rings is 1. The molecule has 1 aromatic rings. The molecular formula is C23H29NO4. The van der Waals surface area contributed by atoms with Crippen LogP contribution in [0, 0.1) is 0 Å². The van der Waals surface area contributed by atoms with Gasteiger partial charge in [-0.2, -0.15) is 0 Å². The molecule has 0 bridgehead atoms. The van der Waals surface area contributed by atoms with Crippen molar-refractivity contribution in [3.05, 3.63) is 47.0 Å². The minimum absolute atomic E-state index is 0.185. The van der Waals surface area contributed by atoms with Gasteiger partial charge in [-0.1, -0.05) is 12.1 Å². The quantitative estimate of drug-likeness (QED) is 0.452.